The summed E-state index contributed by atoms with van der Waals surface area (Å²) in [6.45, 7) is 2.08. The Labute approximate surface area is 123 Å². The Bertz CT molecular complexity index is 701. The van der Waals surface area contributed by atoms with Crippen molar-refractivity contribution in [3.8, 4) is 0 Å². The summed E-state index contributed by atoms with van der Waals surface area (Å²) < 4.78 is 7.15. The Hall–Kier alpha value is -2.10. The Morgan fingerprint density at radius 1 is 1.38 bits per heavy atom. The van der Waals surface area contributed by atoms with E-state index in [9.17, 15) is 9.59 Å². The molecule has 0 aliphatic heterocycles. The molecule has 110 valence electrons. The molecular formula is C17H19NO3. The van der Waals surface area contributed by atoms with Gasteiger partial charge in [-0.2, -0.15) is 0 Å². The lowest BCUT2D eigenvalue weighted by Gasteiger charge is -2.16. The summed E-state index contributed by atoms with van der Waals surface area (Å²) in [5.41, 5.74) is 2.20. The standard InChI is InChI=1S/C17H19NO3/c1-3-21-17(20)16-12(8-9-15(16)19)13-10-18(2)14-7-5-4-6-11(13)14/h4-7,10,12,16H,3,8-9H2,1-2H3/t12-,16-/m1/s1. The molecule has 0 N–H and O–H groups in total. The van der Waals surface area contributed by atoms with Crippen LogP contribution in [0, 0.1) is 5.92 Å². The number of hydrogen-bond acceptors (Lipinski definition) is 3. The van der Waals surface area contributed by atoms with Gasteiger partial charge in [0.15, 0.2) is 0 Å². The van der Waals surface area contributed by atoms with E-state index in [2.05, 4.69) is 16.7 Å². The topological polar surface area (TPSA) is 48.3 Å². The number of nitrogens with zero attached hydrogens (tertiary/aromatic N) is 1. The van der Waals surface area contributed by atoms with Crippen molar-refractivity contribution < 1.29 is 14.3 Å². The number of fused-ring (bicyclic) bond motifs is 1. The van der Waals surface area contributed by atoms with Crippen LogP contribution in [0.2, 0.25) is 0 Å². The first-order chi connectivity index (χ1) is 10.1. The highest BCUT2D eigenvalue weighted by molar-refractivity contribution is 6.02. The summed E-state index contributed by atoms with van der Waals surface area (Å²) in [5, 5.41) is 1.12. The third-order valence-corrected chi connectivity index (χ3v) is 4.32. The van der Waals surface area contributed by atoms with E-state index in [4.69, 9.17) is 4.74 Å². The number of aryl methyl sites for hydroxylation is 1. The summed E-state index contributed by atoms with van der Waals surface area (Å²) in [6, 6.07) is 8.08. The van der Waals surface area contributed by atoms with Crippen molar-refractivity contribution >= 4 is 22.7 Å². The minimum atomic E-state index is -0.643. The second-order valence-electron chi connectivity index (χ2n) is 5.55. The lowest BCUT2D eigenvalue weighted by Crippen LogP contribution is -2.26. The maximum atomic E-state index is 12.1. The molecule has 2 aromatic rings. The van der Waals surface area contributed by atoms with Gasteiger partial charge >= 0.3 is 5.97 Å². The molecule has 0 bridgehead atoms. The van der Waals surface area contributed by atoms with E-state index >= 15 is 0 Å². The first kappa shape index (κ1) is 13.9. The van der Waals surface area contributed by atoms with Crippen LogP contribution in [0.5, 0.6) is 0 Å². The Morgan fingerprint density at radius 3 is 2.90 bits per heavy atom. The summed E-state index contributed by atoms with van der Waals surface area (Å²) in [7, 11) is 1.99. The van der Waals surface area contributed by atoms with Gasteiger partial charge in [-0.15, -0.1) is 0 Å². The molecule has 0 saturated heterocycles. The largest absolute Gasteiger partial charge is 0.465 e. The molecule has 21 heavy (non-hydrogen) atoms. The lowest BCUT2D eigenvalue weighted by atomic mass is 9.88. The zero-order valence-electron chi connectivity index (χ0n) is 12.3. The number of ether oxygens (including phenoxy) is 1. The first-order valence-corrected chi connectivity index (χ1v) is 7.36. The van der Waals surface area contributed by atoms with Crippen molar-refractivity contribution in [1.82, 2.24) is 4.57 Å². The number of benzene rings is 1. The molecule has 3 rings (SSSR count). The van der Waals surface area contributed by atoms with E-state index in [1.165, 1.54) is 0 Å². The summed E-state index contributed by atoms with van der Waals surface area (Å²) >= 11 is 0. The summed E-state index contributed by atoms with van der Waals surface area (Å²) in [6.07, 6.45) is 3.22. The molecule has 1 saturated carbocycles. The molecule has 4 heteroatoms. The van der Waals surface area contributed by atoms with Crippen LogP contribution in [-0.2, 0) is 21.4 Å². The summed E-state index contributed by atoms with van der Waals surface area (Å²) in [5.74, 6) is -1.08. The highest BCUT2D eigenvalue weighted by Crippen LogP contribution is 2.41. The fraction of sp³-hybridized carbons (Fsp3) is 0.412. The number of ketones is 1. The maximum Gasteiger partial charge on any atom is 0.317 e. The van der Waals surface area contributed by atoms with E-state index < -0.39 is 5.92 Å². The highest BCUT2D eigenvalue weighted by Gasteiger charge is 2.42. The van der Waals surface area contributed by atoms with Crippen LogP contribution in [0.1, 0.15) is 31.2 Å². The van der Waals surface area contributed by atoms with Gasteiger partial charge in [0.2, 0.25) is 0 Å². The van der Waals surface area contributed by atoms with Gasteiger partial charge in [0.05, 0.1) is 6.61 Å². The van der Waals surface area contributed by atoms with Gasteiger partial charge in [-0.25, -0.2) is 0 Å². The van der Waals surface area contributed by atoms with Crippen molar-refractivity contribution in [3.63, 3.8) is 0 Å². The van der Waals surface area contributed by atoms with Gasteiger partial charge in [0.1, 0.15) is 11.7 Å². The molecule has 0 amide bonds. The molecule has 0 spiro atoms. The van der Waals surface area contributed by atoms with Crippen molar-refractivity contribution in [2.45, 2.75) is 25.7 Å². The average molecular weight is 285 g/mol. The number of esters is 1. The Balaban J connectivity index is 2.05. The lowest BCUT2D eigenvalue weighted by molar-refractivity contribution is -0.151. The highest BCUT2D eigenvalue weighted by atomic mass is 16.5. The van der Waals surface area contributed by atoms with Crippen LogP contribution < -0.4 is 0 Å². The predicted molar refractivity (Wildman–Crippen MR) is 80.0 cm³/mol. The van der Waals surface area contributed by atoms with Crippen molar-refractivity contribution in [2.24, 2.45) is 13.0 Å². The van der Waals surface area contributed by atoms with Gasteiger partial charge in [0, 0.05) is 36.5 Å². The molecule has 0 radical (unpaired) electrons. The van der Waals surface area contributed by atoms with Crippen LogP contribution >= 0.6 is 0 Å². The van der Waals surface area contributed by atoms with Crippen LogP contribution in [0.15, 0.2) is 30.5 Å². The molecule has 1 aliphatic carbocycles. The molecule has 1 heterocycles. The minimum absolute atomic E-state index is 0.00591. The Kier molecular flexibility index (Phi) is 3.53. The number of rotatable bonds is 3. The normalized spacial score (nSPS) is 21.9. The van der Waals surface area contributed by atoms with Gasteiger partial charge in [-0.3, -0.25) is 9.59 Å². The quantitative estimate of drug-likeness (QED) is 0.643. The van der Waals surface area contributed by atoms with Crippen LogP contribution in [0.3, 0.4) is 0 Å². The minimum Gasteiger partial charge on any atom is -0.465 e. The van der Waals surface area contributed by atoms with Gasteiger partial charge in [0.25, 0.3) is 0 Å². The number of Topliss-reactive ketones (excluding diaryl/α,β-unsaturated/α-hetero) is 1. The van der Waals surface area contributed by atoms with E-state index in [1.54, 1.807) is 6.92 Å². The van der Waals surface area contributed by atoms with Gasteiger partial charge < -0.3 is 9.30 Å². The molecule has 4 nitrogen and oxygen atoms in total. The van der Waals surface area contributed by atoms with Crippen LogP contribution in [-0.4, -0.2) is 22.9 Å². The SMILES string of the molecule is CCOC(=O)[C@H]1C(=O)CC[C@@H]1c1cn(C)c2ccccc12. The fourth-order valence-electron chi connectivity index (χ4n) is 3.38. The molecule has 2 atom stereocenters. The van der Waals surface area contributed by atoms with Crippen molar-refractivity contribution in [2.75, 3.05) is 6.61 Å². The molecular weight excluding hydrogens is 266 g/mol. The molecule has 1 aromatic carbocycles. The number of hydrogen-bond donors (Lipinski definition) is 0. The maximum absolute atomic E-state index is 12.1. The van der Waals surface area contributed by atoms with E-state index in [-0.39, 0.29) is 17.7 Å². The summed E-state index contributed by atoms with van der Waals surface area (Å²) in [4.78, 5) is 24.2. The average Bonchev–Trinajstić information content (AvgIpc) is 3.01. The van der Waals surface area contributed by atoms with Gasteiger partial charge in [-0.1, -0.05) is 18.2 Å². The smallest absolute Gasteiger partial charge is 0.317 e. The van der Waals surface area contributed by atoms with E-state index in [0.29, 0.717) is 13.0 Å². The third kappa shape index (κ3) is 2.24. The number of aromatic nitrogens is 1. The molecule has 1 aromatic heterocycles. The Morgan fingerprint density at radius 2 is 2.14 bits per heavy atom. The van der Waals surface area contributed by atoms with Crippen LogP contribution in [0.25, 0.3) is 10.9 Å². The van der Waals surface area contributed by atoms with Crippen LogP contribution in [0.4, 0.5) is 0 Å². The zero-order valence-corrected chi connectivity index (χ0v) is 12.3. The molecule has 1 fully saturated rings. The zero-order chi connectivity index (χ0) is 15.0. The number of carbonyl (C=O) groups is 2. The second-order valence-corrected chi connectivity index (χ2v) is 5.55. The fourth-order valence-corrected chi connectivity index (χ4v) is 3.38. The van der Waals surface area contributed by atoms with E-state index in [1.807, 2.05) is 25.4 Å². The third-order valence-electron chi connectivity index (χ3n) is 4.32. The number of para-hydroxylation sites is 1. The molecule has 1 aliphatic rings. The van der Waals surface area contributed by atoms with Gasteiger partial charge in [-0.05, 0) is 25.0 Å². The second kappa shape index (κ2) is 5.35. The number of carbonyl (C=O) groups excluding carboxylic acids is 2. The van der Waals surface area contributed by atoms with Crippen molar-refractivity contribution in [1.29, 1.82) is 0 Å². The van der Waals surface area contributed by atoms with Crippen molar-refractivity contribution in [3.05, 3.63) is 36.0 Å². The predicted octanol–water partition coefficient (Wildman–Crippen LogP) is 2.80. The molecule has 0 unspecified atom stereocenters. The first-order valence-electron chi connectivity index (χ1n) is 7.36. The monoisotopic (exact) mass is 285 g/mol. The van der Waals surface area contributed by atoms with E-state index in [0.717, 1.165) is 22.9 Å².